The molecular weight excluding hydrogens is 196 g/mol. The van der Waals surface area contributed by atoms with E-state index in [4.69, 9.17) is 13.9 Å². The van der Waals surface area contributed by atoms with Gasteiger partial charge in [0.2, 0.25) is 0 Å². The Morgan fingerprint density at radius 2 is 2.47 bits per heavy atom. The molecule has 0 amide bonds. The maximum Gasteiger partial charge on any atom is 0.341 e. The minimum absolute atomic E-state index is 0.0517. The molecule has 2 heterocycles. The van der Waals surface area contributed by atoms with Gasteiger partial charge >= 0.3 is 5.97 Å². The second-order valence-corrected chi connectivity index (χ2v) is 3.76. The quantitative estimate of drug-likeness (QED) is 0.716. The van der Waals surface area contributed by atoms with Crippen molar-refractivity contribution in [3.63, 3.8) is 0 Å². The van der Waals surface area contributed by atoms with E-state index in [-0.39, 0.29) is 18.2 Å². The molecule has 1 aliphatic rings. The summed E-state index contributed by atoms with van der Waals surface area (Å²) in [5.41, 5.74) is 0.445. The number of furan rings is 1. The predicted molar refractivity (Wildman–Crippen MR) is 52.6 cm³/mol. The minimum atomic E-state index is -0.355. The van der Waals surface area contributed by atoms with E-state index in [0.717, 1.165) is 12.8 Å². The summed E-state index contributed by atoms with van der Waals surface area (Å²) in [4.78, 5) is 11.4. The van der Waals surface area contributed by atoms with Gasteiger partial charge in [-0.3, -0.25) is 0 Å². The summed E-state index contributed by atoms with van der Waals surface area (Å²) in [6.45, 7) is 2.35. The van der Waals surface area contributed by atoms with Crippen LogP contribution in [-0.4, -0.2) is 24.8 Å². The topological polar surface area (TPSA) is 48.7 Å². The largest absolute Gasteiger partial charge is 0.472 e. The van der Waals surface area contributed by atoms with Crippen LogP contribution in [0, 0.1) is 0 Å². The van der Waals surface area contributed by atoms with Crippen molar-refractivity contribution in [3.8, 4) is 0 Å². The van der Waals surface area contributed by atoms with Crippen molar-refractivity contribution in [1.29, 1.82) is 0 Å². The molecule has 0 radical (unpaired) electrons. The number of rotatable bonds is 3. The lowest BCUT2D eigenvalue weighted by atomic mass is 10.2. The standard InChI is InChI=1S/C11H14O4/c1-8-2-3-10(15-8)7-14-11(12)9-4-5-13-6-9/h4-6,8,10H,2-3,7H2,1H3. The number of esters is 1. The highest BCUT2D eigenvalue weighted by molar-refractivity contribution is 5.88. The molecule has 2 unspecified atom stereocenters. The van der Waals surface area contributed by atoms with Crippen LogP contribution >= 0.6 is 0 Å². The third-order valence-electron chi connectivity index (χ3n) is 2.48. The van der Waals surface area contributed by atoms with Crippen molar-refractivity contribution in [1.82, 2.24) is 0 Å². The lowest BCUT2D eigenvalue weighted by Crippen LogP contribution is -2.18. The third kappa shape index (κ3) is 2.59. The van der Waals surface area contributed by atoms with Crippen molar-refractivity contribution in [2.24, 2.45) is 0 Å². The van der Waals surface area contributed by atoms with E-state index in [2.05, 4.69) is 0 Å². The molecule has 0 aliphatic carbocycles. The average Bonchev–Trinajstić information content (AvgIpc) is 2.84. The summed E-state index contributed by atoms with van der Waals surface area (Å²) in [5, 5.41) is 0. The molecule has 0 aromatic carbocycles. The Morgan fingerprint density at radius 3 is 3.07 bits per heavy atom. The van der Waals surface area contributed by atoms with Gasteiger partial charge in [-0.2, -0.15) is 0 Å². The van der Waals surface area contributed by atoms with Crippen LogP contribution in [0.5, 0.6) is 0 Å². The maximum absolute atomic E-state index is 11.4. The fourth-order valence-corrected chi connectivity index (χ4v) is 1.64. The molecule has 2 atom stereocenters. The summed E-state index contributed by atoms with van der Waals surface area (Å²) in [6, 6.07) is 1.58. The van der Waals surface area contributed by atoms with E-state index in [9.17, 15) is 4.79 Å². The molecule has 0 saturated carbocycles. The fourth-order valence-electron chi connectivity index (χ4n) is 1.64. The predicted octanol–water partition coefficient (Wildman–Crippen LogP) is 2.00. The summed E-state index contributed by atoms with van der Waals surface area (Å²) < 4.78 is 15.4. The number of ether oxygens (including phenoxy) is 2. The van der Waals surface area contributed by atoms with Crippen LogP contribution in [0.15, 0.2) is 23.0 Å². The van der Waals surface area contributed by atoms with Crippen molar-refractivity contribution >= 4 is 5.97 Å². The Bertz CT molecular complexity index is 317. The molecule has 0 bridgehead atoms. The first-order chi connectivity index (χ1) is 7.25. The zero-order chi connectivity index (χ0) is 10.7. The van der Waals surface area contributed by atoms with Crippen LogP contribution in [0.4, 0.5) is 0 Å². The Kier molecular flexibility index (Phi) is 3.06. The molecule has 1 aromatic rings. The van der Waals surface area contributed by atoms with Gasteiger partial charge in [0.05, 0.1) is 24.0 Å². The van der Waals surface area contributed by atoms with Gasteiger partial charge in [0.1, 0.15) is 12.9 Å². The first-order valence-electron chi connectivity index (χ1n) is 5.10. The monoisotopic (exact) mass is 210 g/mol. The summed E-state index contributed by atoms with van der Waals surface area (Å²) >= 11 is 0. The van der Waals surface area contributed by atoms with Gasteiger partial charge in [-0.05, 0) is 25.8 Å². The van der Waals surface area contributed by atoms with Gasteiger partial charge < -0.3 is 13.9 Å². The van der Waals surface area contributed by atoms with Gasteiger partial charge in [-0.25, -0.2) is 4.79 Å². The normalized spacial score (nSPS) is 25.4. The molecule has 1 aromatic heterocycles. The molecule has 82 valence electrons. The summed E-state index contributed by atoms with van der Waals surface area (Å²) in [6.07, 6.45) is 5.15. The molecule has 2 rings (SSSR count). The van der Waals surface area contributed by atoms with Crippen LogP contribution in [0.2, 0.25) is 0 Å². The Hall–Kier alpha value is -1.29. The maximum atomic E-state index is 11.4. The Labute approximate surface area is 88.2 Å². The molecule has 4 heteroatoms. The van der Waals surface area contributed by atoms with Crippen LogP contribution in [0.25, 0.3) is 0 Å². The first-order valence-corrected chi connectivity index (χ1v) is 5.10. The molecule has 1 aliphatic heterocycles. The Balaban J connectivity index is 1.76. The Morgan fingerprint density at radius 1 is 1.60 bits per heavy atom. The lowest BCUT2D eigenvalue weighted by molar-refractivity contribution is -0.00269. The average molecular weight is 210 g/mol. The zero-order valence-corrected chi connectivity index (χ0v) is 8.64. The van der Waals surface area contributed by atoms with Gasteiger partial charge in [-0.1, -0.05) is 0 Å². The van der Waals surface area contributed by atoms with Crippen molar-refractivity contribution < 1.29 is 18.7 Å². The van der Waals surface area contributed by atoms with E-state index in [0.29, 0.717) is 12.2 Å². The van der Waals surface area contributed by atoms with Gasteiger partial charge in [0.25, 0.3) is 0 Å². The van der Waals surface area contributed by atoms with E-state index < -0.39 is 0 Å². The van der Waals surface area contributed by atoms with Gasteiger partial charge in [-0.15, -0.1) is 0 Å². The molecule has 1 fully saturated rings. The smallest absolute Gasteiger partial charge is 0.341 e. The van der Waals surface area contributed by atoms with Crippen molar-refractivity contribution in [2.45, 2.75) is 32.0 Å². The molecule has 0 spiro atoms. The molecule has 4 nitrogen and oxygen atoms in total. The van der Waals surface area contributed by atoms with E-state index in [1.807, 2.05) is 6.92 Å². The highest BCUT2D eigenvalue weighted by Gasteiger charge is 2.23. The van der Waals surface area contributed by atoms with Crippen LogP contribution < -0.4 is 0 Å². The van der Waals surface area contributed by atoms with E-state index in [1.165, 1.54) is 12.5 Å². The van der Waals surface area contributed by atoms with Gasteiger partial charge in [0.15, 0.2) is 0 Å². The molecule has 1 saturated heterocycles. The summed E-state index contributed by atoms with van der Waals surface area (Å²) in [7, 11) is 0. The van der Waals surface area contributed by atoms with Crippen LogP contribution in [0.1, 0.15) is 30.1 Å². The molecule has 15 heavy (non-hydrogen) atoms. The number of hydrogen-bond acceptors (Lipinski definition) is 4. The summed E-state index contributed by atoms with van der Waals surface area (Å²) in [5.74, 6) is -0.355. The van der Waals surface area contributed by atoms with Crippen molar-refractivity contribution in [2.75, 3.05) is 6.61 Å². The van der Waals surface area contributed by atoms with E-state index >= 15 is 0 Å². The lowest BCUT2D eigenvalue weighted by Gasteiger charge is -2.10. The highest BCUT2D eigenvalue weighted by Crippen LogP contribution is 2.19. The number of carbonyl (C=O) groups is 1. The SMILES string of the molecule is CC1CCC(COC(=O)c2ccoc2)O1. The third-order valence-corrected chi connectivity index (χ3v) is 2.48. The molecular formula is C11H14O4. The number of carbonyl (C=O) groups excluding carboxylic acids is 1. The van der Waals surface area contributed by atoms with Crippen molar-refractivity contribution in [3.05, 3.63) is 24.2 Å². The minimum Gasteiger partial charge on any atom is -0.472 e. The zero-order valence-electron chi connectivity index (χ0n) is 8.64. The van der Waals surface area contributed by atoms with Crippen LogP contribution in [0.3, 0.4) is 0 Å². The second-order valence-electron chi connectivity index (χ2n) is 3.76. The van der Waals surface area contributed by atoms with E-state index in [1.54, 1.807) is 6.07 Å². The van der Waals surface area contributed by atoms with Gasteiger partial charge in [0, 0.05) is 0 Å². The number of hydrogen-bond donors (Lipinski definition) is 0. The fraction of sp³-hybridized carbons (Fsp3) is 0.545. The first kappa shape index (κ1) is 10.2. The highest BCUT2D eigenvalue weighted by atomic mass is 16.6. The van der Waals surface area contributed by atoms with Crippen LogP contribution in [-0.2, 0) is 9.47 Å². The molecule has 0 N–H and O–H groups in total. The second kappa shape index (κ2) is 4.49.